The van der Waals surface area contributed by atoms with E-state index in [9.17, 15) is 18.0 Å². The molecule has 0 saturated carbocycles. The highest BCUT2D eigenvalue weighted by molar-refractivity contribution is 6.31. The van der Waals surface area contributed by atoms with Crippen molar-refractivity contribution in [2.45, 2.75) is 25.4 Å². The molecule has 0 fully saturated rings. The van der Waals surface area contributed by atoms with Gasteiger partial charge in [0, 0.05) is 10.4 Å². The molecule has 88 valence electrons. The van der Waals surface area contributed by atoms with Crippen LogP contribution in [0.5, 0.6) is 0 Å². The van der Waals surface area contributed by atoms with Gasteiger partial charge in [-0.05, 0) is 31.5 Å². The van der Waals surface area contributed by atoms with Gasteiger partial charge in [0.25, 0.3) is 0 Å². The maximum Gasteiger partial charge on any atom is 0.416 e. The first-order valence-electron chi connectivity index (χ1n) is 4.52. The lowest BCUT2D eigenvalue weighted by molar-refractivity contribution is -0.138. The molecule has 0 aliphatic carbocycles. The van der Waals surface area contributed by atoms with Gasteiger partial charge in [-0.2, -0.15) is 13.2 Å². The number of carbonyl (C=O) groups excluding carboxylic acids is 1. The number of alkyl halides is 3. The monoisotopic (exact) mass is 250 g/mol. The third kappa shape index (κ3) is 2.38. The second kappa shape index (κ2) is 4.09. The molecule has 16 heavy (non-hydrogen) atoms. The molecule has 0 aromatic heterocycles. The summed E-state index contributed by atoms with van der Waals surface area (Å²) in [5, 5.41) is -0.0491. The molecule has 1 rings (SSSR count). The average Bonchev–Trinajstić information content (AvgIpc) is 2.15. The summed E-state index contributed by atoms with van der Waals surface area (Å²) in [7, 11) is 0. The molecule has 5 heteroatoms. The Hall–Kier alpha value is -1.03. The van der Waals surface area contributed by atoms with Crippen LogP contribution in [0.1, 0.15) is 25.0 Å². The predicted molar refractivity (Wildman–Crippen MR) is 55.5 cm³/mol. The molecule has 0 N–H and O–H groups in total. The van der Waals surface area contributed by atoms with Gasteiger partial charge in [-0.1, -0.05) is 17.7 Å². The number of halogens is 4. The second-order valence-electron chi connectivity index (χ2n) is 4.00. The van der Waals surface area contributed by atoms with Gasteiger partial charge in [0.1, 0.15) is 6.29 Å². The van der Waals surface area contributed by atoms with E-state index < -0.39 is 17.2 Å². The normalized spacial score (nSPS) is 12.6. The Labute approximate surface area is 96.2 Å². The molecule has 0 unspecified atom stereocenters. The van der Waals surface area contributed by atoms with Crippen LogP contribution in [0.4, 0.5) is 13.2 Å². The van der Waals surface area contributed by atoms with Crippen molar-refractivity contribution < 1.29 is 18.0 Å². The Kier molecular flexibility index (Phi) is 3.33. The fraction of sp³-hybridized carbons (Fsp3) is 0.364. The van der Waals surface area contributed by atoms with E-state index in [0.29, 0.717) is 6.29 Å². The highest BCUT2D eigenvalue weighted by Crippen LogP contribution is 2.40. The molecule has 0 bridgehead atoms. The van der Waals surface area contributed by atoms with Gasteiger partial charge < -0.3 is 4.79 Å². The summed E-state index contributed by atoms with van der Waals surface area (Å²) in [6.07, 6.45) is -4.05. The Bertz CT molecular complexity index is 410. The van der Waals surface area contributed by atoms with Crippen LogP contribution in [0, 0.1) is 0 Å². The Morgan fingerprint density at radius 3 is 2.25 bits per heavy atom. The lowest BCUT2D eigenvalue weighted by Gasteiger charge is -2.23. The van der Waals surface area contributed by atoms with Crippen LogP contribution in [0.15, 0.2) is 18.2 Å². The van der Waals surface area contributed by atoms with Crippen LogP contribution >= 0.6 is 11.6 Å². The fourth-order valence-electron chi connectivity index (χ4n) is 1.47. The SMILES string of the molecule is CC(C)(C=O)c1c(Cl)cccc1C(F)(F)F. The molecule has 0 aliphatic rings. The molecule has 0 aliphatic heterocycles. The average molecular weight is 251 g/mol. The molecule has 0 spiro atoms. The first kappa shape index (κ1) is 13.0. The van der Waals surface area contributed by atoms with Gasteiger partial charge >= 0.3 is 6.18 Å². The lowest BCUT2D eigenvalue weighted by atomic mass is 9.83. The third-order valence-corrected chi connectivity index (χ3v) is 2.57. The zero-order valence-electron chi connectivity index (χ0n) is 8.73. The van der Waals surface area contributed by atoms with Crippen molar-refractivity contribution in [2.24, 2.45) is 0 Å². The van der Waals surface area contributed by atoms with E-state index in [2.05, 4.69) is 0 Å². The van der Waals surface area contributed by atoms with Crippen molar-refractivity contribution in [1.29, 1.82) is 0 Å². The van der Waals surface area contributed by atoms with Crippen molar-refractivity contribution in [3.63, 3.8) is 0 Å². The predicted octanol–water partition coefficient (Wildman–Crippen LogP) is 3.84. The highest BCUT2D eigenvalue weighted by Gasteiger charge is 2.38. The lowest BCUT2D eigenvalue weighted by Crippen LogP contribution is -2.24. The van der Waals surface area contributed by atoms with Crippen LogP contribution in [0.2, 0.25) is 5.02 Å². The van der Waals surface area contributed by atoms with Crippen LogP contribution in [-0.4, -0.2) is 6.29 Å². The van der Waals surface area contributed by atoms with Gasteiger partial charge in [0.15, 0.2) is 0 Å². The second-order valence-corrected chi connectivity index (χ2v) is 4.41. The van der Waals surface area contributed by atoms with E-state index in [1.165, 1.54) is 26.0 Å². The van der Waals surface area contributed by atoms with Crippen molar-refractivity contribution in [1.82, 2.24) is 0 Å². The molecule has 0 saturated heterocycles. The Balaban J connectivity index is 3.54. The summed E-state index contributed by atoms with van der Waals surface area (Å²) >= 11 is 5.74. The standard InChI is InChI=1S/C11H10ClF3O/c1-10(2,6-16)9-7(11(13,14)15)4-3-5-8(9)12/h3-6H,1-2H3. The minimum absolute atomic E-state index is 0.0491. The van der Waals surface area contributed by atoms with Crippen LogP contribution in [0.3, 0.4) is 0 Å². The molecule has 0 atom stereocenters. The first-order chi connectivity index (χ1) is 7.20. The Morgan fingerprint density at radius 1 is 1.25 bits per heavy atom. The number of carbonyl (C=O) groups is 1. The molecule has 0 amide bonds. The number of rotatable bonds is 2. The third-order valence-electron chi connectivity index (χ3n) is 2.26. The van der Waals surface area contributed by atoms with Gasteiger partial charge in [0.2, 0.25) is 0 Å². The number of hydrogen-bond acceptors (Lipinski definition) is 1. The summed E-state index contributed by atoms with van der Waals surface area (Å²) < 4.78 is 38.2. The molecule has 1 aromatic carbocycles. The summed E-state index contributed by atoms with van der Waals surface area (Å²) in [4.78, 5) is 10.8. The van der Waals surface area contributed by atoms with Crippen molar-refractivity contribution in [3.8, 4) is 0 Å². The van der Waals surface area contributed by atoms with Crippen molar-refractivity contribution in [2.75, 3.05) is 0 Å². The van der Waals surface area contributed by atoms with Gasteiger partial charge in [0.05, 0.1) is 5.56 Å². The van der Waals surface area contributed by atoms with Crippen LogP contribution in [0.25, 0.3) is 0 Å². The first-order valence-corrected chi connectivity index (χ1v) is 4.90. The minimum atomic E-state index is -4.51. The maximum absolute atomic E-state index is 12.7. The quantitative estimate of drug-likeness (QED) is 0.729. The maximum atomic E-state index is 12.7. The van der Waals surface area contributed by atoms with Crippen LogP contribution in [-0.2, 0) is 16.4 Å². The van der Waals surface area contributed by atoms with Gasteiger partial charge in [-0.3, -0.25) is 0 Å². The minimum Gasteiger partial charge on any atom is -0.302 e. The summed E-state index contributed by atoms with van der Waals surface area (Å²) in [5.41, 5.74) is -2.31. The smallest absolute Gasteiger partial charge is 0.302 e. The molecule has 0 radical (unpaired) electrons. The van der Waals surface area contributed by atoms with Crippen molar-refractivity contribution >= 4 is 17.9 Å². The number of aldehydes is 1. The van der Waals surface area contributed by atoms with Crippen molar-refractivity contribution in [3.05, 3.63) is 34.3 Å². The summed E-state index contributed by atoms with van der Waals surface area (Å²) in [6, 6.07) is 3.49. The number of benzene rings is 1. The van der Waals surface area contributed by atoms with E-state index in [4.69, 9.17) is 11.6 Å². The van der Waals surface area contributed by atoms with E-state index in [1.54, 1.807) is 0 Å². The largest absolute Gasteiger partial charge is 0.416 e. The highest BCUT2D eigenvalue weighted by atomic mass is 35.5. The van der Waals surface area contributed by atoms with E-state index in [-0.39, 0.29) is 10.6 Å². The zero-order valence-corrected chi connectivity index (χ0v) is 9.49. The van der Waals surface area contributed by atoms with Gasteiger partial charge in [-0.25, -0.2) is 0 Å². The molecule has 1 aromatic rings. The van der Waals surface area contributed by atoms with Crippen LogP contribution < -0.4 is 0 Å². The topological polar surface area (TPSA) is 17.1 Å². The molecule has 1 nitrogen and oxygen atoms in total. The van der Waals surface area contributed by atoms with E-state index >= 15 is 0 Å². The fourth-order valence-corrected chi connectivity index (χ4v) is 1.89. The van der Waals surface area contributed by atoms with E-state index in [0.717, 1.165) is 6.07 Å². The molecule has 0 heterocycles. The molecular weight excluding hydrogens is 241 g/mol. The Morgan fingerprint density at radius 2 is 1.81 bits per heavy atom. The van der Waals surface area contributed by atoms with E-state index in [1.807, 2.05) is 0 Å². The van der Waals surface area contributed by atoms with Gasteiger partial charge in [-0.15, -0.1) is 0 Å². The molecular formula is C11H10ClF3O. The number of hydrogen-bond donors (Lipinski definition) is 0. The zero-order chi connectivity index (χ0) is 12.6. The summed E-state index contributed by atoms with van der Waals surface area (Å²) in [6.45, 7) is 2.80. The summed E-state index contributed by atoms with van der Waals surface area (Å²) in [5.74, 6) is 0.